The van der Waals surface area contributed by atoms with E-state index >= 15 is 0 Å². The molecule has 0 amide bonds. The van der Waals surface area contributed by atoms with E-state index in [4.69, 9.17) is 4.42 Å². The van der Waals surface area contributed by atoms with Crippen molar-refractivity contribution in [3.8, 4) is 11.4 Å². The summed E-state index contributed by atoms with van der Waals surface area (Å²) in [7, 11) is 0. The number of rotatable bonds is 3. The minimum atomic E-state index is -4.40. The minimum absolute atomic E-state index is 0.306. The Morgan fingerprint density at radius 1 is 0.960 bits per heavy atom. The van der Waals surface area contributed by atoms with E-state index in [9.17, 15) is 13.2 Å². The number of hydrogen-bond acceptors (Lipinski definition) is 2. The third kappa shape index (κ3) is 2.91. The SMILES string of the molecule is FC(F)(F)c1ccc2c(c1)nc(-c1ccccc1)n2Cc1ccco1. The van der Waals surface area contributed by atoms with Crippen LogP contribution in [0.4, 0.5) is 13.2 Å². The highest BCUT2D eigenvalue weighted by Crippen LogP contribution is 2.33. The van der Waals surface area contributed by atoms with Crippen LogP contribution in [0, 0.1) is 0 Å². The molecule has 4 aromatic rings. The zero-order valence-electron chi connectivity index (χ0n) is 13.0. The molecule has 0 atom stereocenters. The number of hydrogen-bond donors (Lipinski definition) is 0. The van der Waals surface area contributed by atoms with Gasteiger partial charge >= 0.3 is 6.18 Å². The fraction of sp³-hybridized carbons (Fsp3) is 0.105. The normalized spacial score (nSPS) is 12.0. The van der Waals surface area contributed by atoms with Crippen molar-refractivity contribution in [2.75, 3.05) is 0 Å². The molecule has 2 aromatic heterocycles. The zero-order valence-corrected chi connectivity index (χ0v) is 13.0. The number of imidazole rings is 1. The molecule has 25 heavy (non-hydrogen) atoms. The van der Waals surface area contributed by atoms with Gasteiger partial charge in [0.15, 0.2) is 0 Å². The number of fused-ring (bicyclic) bond motifs is 1. The Morgan fingerprint density at radius 2 is 1.76 bits per heavy atom. The molecule has 0 aliphatic carbocycles. The molecule has 0 radical (unpaired) electrons. The summed E-state index contributed by atoms with van der Waals surface area (Å²) in [6.07, 6.45) is -2.83. The summed E-state index contributed by atoms with van der Waals surface area (Å²) in [5.41, 5.74) is 1.06. The van der Waals surface area contributed by atoms with Gasteiger partial charge in [0.25, 0.3) is 0 Å². The van der Waals surface area contributed by atoms with Gasteiger partial charge in [-0.3, -0.25) is 0 Å². The van der Waals surface area contributed by atoms with Crippen molar-refractivity contribution in [2.45, 2.75) is 12.7 Å². The van der Waals surface area contributed by atoms with Gasteiger partial charge in [0.2, 0.25) is 0 Å². The van der Waals surface area contributed by atoms with Crippen molar-refractivity contribution in [3.63, 3.8) is 0 Å². The monoisotopic (exact) mass is 342 g/mol. The fourth-order valence-corrected chi connectivity index (χ4v) is 2.83. The van der Waals surface area contributed by atoms with Gasteiger partial charge in [0.1, 0.15) is 11.6 Å². The van der Waals surface area contributed by atoms with Gasteiger partial charge in [-0.05, 0) is 30.3 Å². The molecule has 126 valence electrons. The van der Waals surface area contributed by atoms with Gasteiger partial charge < -0.3 is 8.98 Å². The van der Waals surface area contributed by atoms with Crippen LogP contribution in [-0.4, -0.2) is 9.55 Å². The molecular weight excluding hydrogens is 329 g/mol. The van der Waals surface area contributed by atoms with Gasteiger partial charge in [-0.25, -0.2) is 4.98 Å². The molecule has 4 rings (SSSR count). The number of alkyl halides is 3. The van der Waals surface area contributed by atoms with E-state index in [1.807, 2.05) is 41.0 Å². The molecule has 2 aromatic carbocycles. The standard InChI is InChI=1S/C19H13F3N2O/c20-19(21,22)14-8-9-17-16(11-14)23-18(13-5-2-1-3-6-13)24(17)12-15-7-4-10-25-15/h1-11H,12H2. The first-order valence-corrected chi connectivity index (χ1v) is 7.68. The maximum absolute atomic E-state index is 13.0. The van der Waals surface area contributed by atoms with E-state index in [1.165, 1.54) is 6.07 Å². The molecular formula is C19H13F3N2O. The average Bonchev–Trinajstić information content (AvgIpc) is 3.23. The Labute approximate surface area is 141 Å². The molecule has 3 nitrogen and oxygen atoms in total. The number of aromatic nitrogens is 2. The molecule has 6 heteroatoms. The lowest BCUT2D eigenvalue weighted by atomic mass is 10.2. The second-order valence-electron chi connectivity index (χ2n) is 5.67. The summed E-state index contributed by atoms with van der Waals surface area (Å²) in [5.74, 6) is 1.31. The molecule has 2 heterocycles. The third-order valence-corrected chi connectivity index (χ3v) is 4.00. The van der Waals surface area contributed by atoms with Gasteiger partial charge in [0, 0.05) is 5.56 Å². The fourth-order valence-electron chi connectivity index (χ4n) is 2.83. The predicted octanol–water partition coefficient (Wildman–Crippen LogP) is 5.36. The van der Waals surface area contributed by atoms with E-state index in [0.29, 0.717) is 29.2 Å². The number of benzene rings is 2. The average molecular weight is 342 g/mol. The van der Waals surface area contributed by atoms with Gasteiger partial charge in [-0.15, -0.1) is 0 Å². The quantitative estimate of drug-likeness (QED) is 0.502. The van der Waals surface area contributed by atoms with E-state index in [1.54, 1.807) is 12.3 Å². The molecule has 0 spiro atoms. The second kappa shape index (κ2) is 5.81. The highest BCUT2D eigenvalue weighted by Gasteiger charge is 2.31. The van der Waals surface area contributed by atoms with Crippen LogP contribution in [-0.2, 0) is 12.7 Å². The van der Waals surface area contributed by atoms with Crippen LogP contribution < -0.4 is 0 Å². The van der Waals surface area contributed by atoms with E-state index < -0.39 is 11.7 Å². The first kappa shape index (κ1) is 15.5. The first-order valence-electron chi connectivity index (χ1n) is 7.68. The van der Waals surface area contributed by atoms with Crippen molar-refractivity contribution >= 4 is 11.0 Å². The number of halogens is 3. The summed E-state index contributed by atoms with van der Waals surface area (Å²) < 4.78 is 46.3. The van der Waals surface area contributed by atoms with E-state index in [0.717, 1.165) is 17.7 Å². The largest absolute Gasteiger partial charge is 0.467 e. The second-order valence-corrected chi connectivity index (χ2v) is 5.67. The van der Waals surface area contributed by atoms with Crippen LogP contribution in [0.1, 0.15) is 11.3 Å². The maximum atomic E-state index is 13.0. The van der Waals surface area contributed by atoms with Crippen LogP contribution >= 0.6 is 0 Å². The van der Waals surface area contributed by atoms with Crippen molar-refractivity contribution in [3.05, 3.63) is 78.3 Å². The Hall–Kier alpha value is -3.02. The highest BCUT2D eigenvalue weighted by atomic mass is 19.4. The lowest BCUT2D eigenvalue weighted by Gasteiger charge is -2.09. The number of nitrogens with zero attached hydrogens (tertiary/aromatic N) is 2. The summed E-state index contributed by atoms with van der Waals surface area (Å²) in [5, 5.41) is 0. The molecule has 0 aliphatic heterocycles. The molecule has 0 saturated heterocycles. The van der Waals surface area contributed by atoms with Crippen LogP contribution in [0.3, 0.4) is 0 Å². The lowest BCUT2D eigenvalue weighted by molar-refractivity contribution is -0.137. The summed E-state index contributed by atoms with van der Waals surface area (Å²) in [6, 6.07) is 16.6. The Balaban J connectivity index is 1.92. The number of furan rings is 1. The predicted molar refractivity (Wildman–Crippen MR) is 88.0 cm³/mol. The summed E-state index contributed by atoms with van der Waals surface area (Å²) >= 11 is 0. The van der Waals surface area contributed by atoms with Gasteiger partial charge in [-0.2, -0.15) is 13.2 Å². The molecule has 0 aliphatic rings. The first-order chi connectivity index (χ1) is 12.0. The molecule has 0 N–H and O–H groups in total. The highest BCUT2D eigenvalue weighted by molar-refractivity contribution is 5.81. The van der Waals surface area contributed by atoms with Crippen LogP contribution in [0.5, 0.6) is 0 Å². The van der Waals surface area contributed by atoms with Crippen LogP contribution in [0.15, 0.2) is 71.3 Å². The van der Waals surface area contributed by atoms with E-state index in [-0.39, 0.29) is 0 Å². The van der Waals surface area contributed by atoms with Crippen LogP contribution in [0.2, 0.25) is 0 Å². The van der Waals surface area contributed by atoms with E-state index in [2.05, 4.69) is 4.98 Å². The maximum Gasteiger partial charge on any atom is 0.416 e. The van der Waals surface area contributed by atoms with Gasteiger partial charge in [-0.1, -0.05) is 30.3 Å². The van der Waals surface area contributed by atoms with Crippen molar-refractivity contribution < 1.29 is 17.6 Å². The third-order valence-electron chi connectivity index (χ3n) is 4.00. The van der Waals surface area contributed by atoms with Gasteiger partial charge in [0.05, 0.1) is 29.4 Å². The molecule has 0 saturated carbocycles. The molecule has 0 fully saturated rings. The van der Waals surface area contributed by atoms with Crippen LogP contribution in [0.25, 0.3) is 22.4 Å². The zero-order chi connectivity index (χ0) is 17.4. The molecule has 0 bridgehead atoms. The van der Waals surface area contributed by atoms with Crippen molar-refractivity contribution in [1.82, 2.24) is 9.55 Å². The van der Waals surface area contributed by atoms with Crippen molar-refractivity contribution in [1.29, 1.82) is 0 Å². The topological polar surface area (TPSA) is 31.0 Å². The Morgan fingerprint density at radius 3 is 2.44 bits per heavy atom. The minimum Gasteiger partial charge on any atom is -0.467 e. The lowest BCUT2D eigenvalue weighted by Crippen LogP contribution is -2.05. The smallest absolute Gasteiger partial charge is 0.416 e. The Kier molecular flexibility index (Phi) is 3.60. The molecule has 0 unspecified atom stereocenters. The van der Waals surface area contributed by atoms with Crippen molar-refractivity contribution in [2.24, 2.45) is 0 Å². The Bertz CT molecular complexity index is 1000. The summed E-state index contributed by atoms with van der Waals surface area (Å²) in [6.45, 7) is 0.388. The summed E-state index contributed by atoms with van der Waals surface area (Å²) in [4.78, 5) is 4.46.